The number of halogens is 1. The van der Waals surface area contributed by atoms with Crippen molar-refractivity contribution >= 4 is 40.1 Å². The summed E-state index contributed by atoms with van der Waals surface area (Å²) in [4.78, 5) is 9.26. The molecule has 0 fully saturated rings. The molecule has 0 aliphatic heterocycles. The number of fused-ring (bicyclic) bond motifs is 1. The standard InChI is InChI=1S/C21H21ClN6O/c1-28-20-16(13-24-28)19(25-15-8-9-18(29-2)17(22)12-15)26-21(27-20)23-11-10-14-6-4-3-5-7-14/h3-9,12-13H,10-11H2,1-2H3,(H2,23,25,26,27). The molecule has 2 N–H and O–H groups in total. The normalized spacial score (nSPS) is 10.9. The van der Waals surface area contributed by atoms with Gasteiger partial charge in [-0.2, -0.15) is 15.1 Å². The average molecular weight is 409 g/mol. The van der Waals surface area contributed by atoms with Crippen LogP contribution in [0, 0.1) is 0 Å². The SMILES string of the molecule is COc1ccc(Nc2nc(NCCc3ccccc3)nc3c2cnn3C)cc1Cl. The van der Waals surface area contributed by atoms with Gasteiger partial charge in [-0.3, -0.25) is 4.68 Å². The molecule has 0 saturated carbocycles. The number of nitrogens with zero attached hydrogens (tertiary/aromatic N) is 4. The van der Waals surface area contributed by atoms with E-state index in [1.54, 1.807) is 24.1 Å². The third kappa shape index (κ3) is 4.25. The van der Waals surface area contributed by atoms with Crippen molar-refractivity contribution in [3.05, 3.63) is 65.3 Å². The maximum Gasteiger partial charge on any atom is 0.226 e. The Morgan fingerprint density at radius 3 is 2.69 bits per heavy atom. The first kappa shape index (κ1) is 19.0. The molecule has 2 aromatic carbocycles. The van der Waals surface area contributed by atoms with Crippen LogP contribution in [-0.2, 0) is 13.5 Å². The van der Waals surface area contributed by atoms with Crippen LogP contribution >= 0.6 is 11.6 Å². The van der Waals surface area contributed by atoms with Crippen LogP contribution in [0.15, 0.2) is 54.7 Å². The Labute approximate surface area is 173 Å². The van der Waals surface area contributed by atoms with E-state index >= 15 is 0 Å². The van der Waals surface area contributed by atoms with Gasteiger partial charge < -0.3 is 15.4 Å². The zero-order valence-electron chi connectivity index (χ0n) is 16.2. The van der Waals surface area contributed by atoms with Gasteiger partial charge in [-0.15, -0.1) is 0 Å². The second-order valence-electron chi connectivity index (χ2n) is 6.54. The molecule has 29 heavy (non-hydrogen) atoms. The fourth-order valence-corrected chi connectivity index (χ4v) is 3.30. The predicted octanol–water partition coefficient (Wildman–Crippen LogP) is 4.42. The second-order valence-corrected chi connectivity index (χ2v) is 6.95. The summed E-state index contributed by atoms with van der Waals surface area (Å²) in [5.41, 5.74) is 2.80. The van der Waals surface area contributed by atoms with Crippen molar-refractivity contribution < 1.29 is 4.74 Å². The second kappa shape index (κ2) is 8.36. The molecular weight excluding hydrogens is 388 g/mol. The summed E-state index contributed by atoms with van der Waals surface area (Å²) in [6.45, 7) is 0.723. The molecule has 8 heteroatoms. The Kier molecular flexibility index (Phi) is 5.48. The Morgan fingerprint density at radius 2 is 1.93 bits per heavy atom. The lowest BCUT2D eigenvalue weighted by Crippen LogP contribution is -2.10. The van der Waals surface area contributed by atoms with Crippen LogP contribution in [0.4, 0.5) is 17.5 Å². The number of benzene rings is 2. The molecule has 0 saturated heterocycles. The van der Waals surface area contributed by atoms with Crippen LogP contribution in [0.1, 0.15) is 5.56 Å². The van der Waals surface area contributed by atoms with Gasteiger partial charge in [0.15, 0.2) is 5.65 Å². The zero-order valence-corrected chi connectivity index (χ0v) is 16.9. The minimum atomic E-state index is 0.523. The quantitative estimate of drug-likeness (QED) is 0.471. The summed E-state index contributed by atoms with van der Waals surface area (Å²) in [6, 6.07) is 15.8. The monoisotopic (exact) mass is 408 g/mol. The lowest BCUT2D eigenvalue weighted by molar-refractivity contribution is 0.415. The maximum atomic E-state index is 6.25. The molecule has 0 amide bonds. The van der Waals surface area contributed by atoms with Crippen LogP contribution in [0.2, 0.25) is 5.02 Å². The van der Waals surface area contributed by atoms with Gasteiger partial charge in [0.25, 0.3) is 0 Å². The first-order valence-electron chi connectivity index (χ1n) is 9.22. The summed E-state index contributed by atoms with van der Waals surface area (Å²) in [6.07, 6.45) is 2.63. The highest BCUT2D eigenvalue weighted by atomic mass is 35.5. The molecule has 2 aromatic heterocycles. The molecule has 0 unspecified atom stereocenters. The highest BCUT2D eigenvalue weighted by Crippen LogP contribution is 2.30. The van der Waals surface area contributed by atoms with Crippen molar-refractivity contribution in [3.63, 3.8) is 0 Å². The van der Waals surface area contributed by atoms with Gasteiger partial charge in [0, 0.05) is 19.3 Å². The number of nitrogens with one attached hydrogen (secondary N) is 2. The Morgan fingerprint density at radius 1 is 1.10 bits per heavy atom. The minimum absolute atomic E-state index is 0.523. The van der Waals surface area contributed by atoms with Gasteiger partial charge in [-0.05, 0) is 30.2 Å². The highest BCUT2D eigenvalue weighted by molar-refractivity contribution is 6.32. The summed E-state index contributed by atoms with van der Waals surface area (Å²) in [7, 11) is 3.45. The van der Waals surface area contributed by atoms with E-state index in [1.165, 1.54) is 5.56 Å². The van der Waals surface area contributed by atoms with E-state index in [0.717, 1.165) is 29.7 Å². The molecule has 0 spiro atoms. The molecular formula is C21H21ClN6O. The van der Waals surface area contributed by atoms with Crippen molar-refractivity contribution in [1.29, 1.82) is 0 Å². The molecule has 2 heterocycles. The predicted molar refractivity (Wildman–Crippen MR) is 116 cm³/mol. The van der Waals surface area contributed by atoms with Crippen LogP contribution in [0.5, 0.6) is 5.75 Å². The van der Waals surface area contributed by atoms with Crippen LogP contribution in [-0.4, -0.2) is 33.4 Å². The first-order chi connectivity index (χ1) is 14.1. The number of methoxy groups -OCH3 is 1. The molecule has 4 rings (SSSR count). The largest absolute Gasteiger partial charge is 0.495 e. The topological polar surface area (TPSA) is 76.9 Å². The molecule has 0 bridgehead atoms. The van der Waals surface area contributed by atoms with Gasteiger partial charge in [-0.25, -0.2) is 0 Å². The number of aromatic nitrogens is 4. The number of aryl methyl sites for hydroxylation is 1. The van der Waals surface area contributed by atoms with Crippen LogP contribution in [0.25, 0.3) is 11.0 Å². The number of rotatable bonds is 7. The number of ether oxygens (including phenoxy) is 1. The molecule has 7 nitrogen and oxygen atoms in total. The maximum absolute atomic E-state index is 6.25. The van der Waals surface area contributed by atoms with Crippen molar-refractivity contribution in [1.82, 2.24) is 19.7 Å². The fraction of sp³-hybridized carbons (Fsp3) is 0.190. The Balaban J connectivity index is 1.58. The third-order valence-electron chi connectivity index (χ3n) is 4.55. The van der Waals surface area contributed by atoms with E-state index < -0.39 is 0 Å². The molecule has 4 aromatic rings. The minimum Gasteiger partial charge on any atom is -0.495 e. The van der Waals surface area contributed by atoms with E-state index in [1.807, 2.05) is 37.4 Å². The molecule has 0 aliphatic rings. The third-order valence-corrected chi connectivity index (χ3v) is 4.84. The number of hydrogen-bond acceptors (Lipinski definition) is 6. The molecule has 0 aliphatic carbocycles. The van der Waals surface area contributed by atoms with Crippen molar-refractivity contribution in [3.8, 4) is 5.75 Å². The van der Waals surface area contributed by atoms with E-state index in [4.69, 9.17) is 16.3 Å². The van der Waals surface area contributed by atoms with Crippen LogP contribution < -0.4 is 15.4 Å². The van der Waals surface area contributed by atoms with Crippen LogP contribution in [0.3, 0.4) is 0 Å². The first-order valence-corrected chi connectivity index (χ1v) is 9.60. The smallest absolute Gasteiger partial charge is 0.226 e. The van der Waals surface area contributed by atoms with E-state index in [9.17, 15) is 0 Å². The van der Waals surface area contributed by atoms with Crippen molar-refractivity contribution in [2.24, 2.45) is 7.05 Å². The lowest BCUT2D eigenvalue weighted by atomic mass is 10.1. The number of anilines is 3. The summed E-state index contributed by atoms with van der Waals surface area (Å²) in [5.74, 6) is 1.82. The van der Waals surface area contributed by atoms with Crippen molar-refractivity contribution in [2.75, 3.05) is 24.3 Å². The van der Waals surface area contributed by atoms with Gasteiger partial charge in [0.05, 0.1) is 23.7 Å². The van der Waals surface area contributed by atoms with Gasteiger partial charge >= 0.3 is 0 Å². The Hall–Kier alpha value is -3.32. The Bertz CT molecular complexity index is 1130. The van der Waals surface area contributed by atoms with E-state index in [0.29, 0.717) is 22.5 Å². The fourth-order valence-electron chi connectivity index (χ4n) is 3.04. The van der Waals surface area contributed by atoms with E-state index in [2.05, 4.69) is 37.8 Å². The number of hydrogen-bond donors (Lipinski definition) is 2. The lowest BCUT2D eigenvalue weighted by Gasteiger charge is -2.11. The van der Waals surface area contributed by atoms with E-state index in [-0.39, 0.29) is 0 Å². The van der Waals surface area contributed by atoms with Gasteiger partial charge in [0.2, 0.25) is 5.95 Å². The highest BCUT2D eigenvalue weighted by Gasteiger charge is 2.12. The van der Waals surface area contributed by atoms with Gasteiger partial charge in [-0.1, -0.05) is 41.9 Å². The summed E-state index contributed by atoms with van der Waals surface area (Å²) >= 11 is 6.25. The zero-order chi connectivity index (χ0) is 20.2. The summed E-state index contributed by atoms with van der Waals surface area (Å²) < 4.78 is 6.94. The average Bonchev–Trinajstić information content (AvgIpc) is 3.10. The molecule has 148 valence electrons. The van der Waals surface area contributed by atoms with Gasteiger partial charge in [0.1, 0.15) is 11.6 Å². The molecule has 0 atom stereocenters. The van der Waals surface area contributed by atoms with Crippen molar-refractivity contribution in [2.45, 2.75) is 6.42 Å². The summed E-state index contributed by atoms with van der Waals surface area (Å²) in [5, 5.41) is 12.3. The molecule has 0 radical (unpaired) electrons.